The van der Waals surface area contributed by atoms with E-state index in [4.69, 9.17) is 0 Å². The first-order chi connectivity index (χ1) is 12.6. The van der Waals surface area contributed by atoms with Gasteiger partial charge in [-0.1, -0.05) is 6.92 Å². The van der Waals surface area contributed by atoms with E-state index in [2.05, 4.69) is 34.3 Å². The van der Waals surface area contributed by atoms with Gasteiger partial charge < -0.3 is 15.1 Å². The average Bonchev–Trinajstić information content (AvgIpc) is 2.68. The van der Waals surface area contributed by atoms with Crippen LogP contribution in [-0.4, -0.2) is 42.5 Å². The van der Waals surface area contributed by atoms with E-state index in [-0.39, 0.29) is 5.91 Å². The van der Waals surface area contributed by atoms with Gasteiger partial charge in [0.2, 0.25) is 0 Å². The van der Waals surface area contributed by atoms with Crippen LogP contribution < -0.4 is 10.2 Å². The zero-order valence-corrected chi connectivity index (χ0v) is 15.9. The molecule has 1 N–H and O–H groups in total. The summed E-state index contributed by atoms with van der Waals surface area (Å²) >= 11 is 0. The van der Waals surface area contributed by atoms with Crippen LogP contribution in [0.15, 0.2) is 42.6 Å². The molecule has 5 heteroatoms. The first-order valence-electron chi connectivity index (χ1n) is 9.40. The summed E-state index contributed by atoms with van der Waals surface area (Å²) in [6, 6.07) is 12.3. The van der Waals surface area contributed by atoms with Crippen LogP contribution in [-0.2, 0) is 0 Å². The molecule has 138 valence electrons. The van der Waals surface area contributed by atoms with Gasteiger partial charge in [0.1, 0.15) is 5.69 Å². The van der Waals surface area contributed by atoms with E-state index in [1.165, 1.54) is 6.42 Å². The molecule has 26 heavy (non-hydrogen) atoms. The average molecular weight is 352 g/mol. The van der Waals surface area contributed by atoms with Crippen LogP contribution in [0.5, 0.6) is 0 Å². The fourth-order valence-corrected chi connectivity index (χ4v) is 3.44. The van der Waals surface area contributed by atoms with Gasteiger partial charge in [0.25, 0.3) is 5.91 Å². The summed E-state index contributed by atoms with van der Waals surface area (Å²) in [6.07, 6.45) is 6.15. The molecule has 0 bridgehead atoms. The molecular formula is C21H28N4O. The van der Waals surface area contributed by atoms with Crippen LogP contribution in [0.2, 0.25) is 0 Å². The number of nitrogens with one attached hydrogen (secondary N) is 1. The summed E-state index contributed by atoms with van der Waals surface area (Å²) in [5, 5.41) is 3.33. The Morgan fingerprint density at radius 1 is 1.15 bits per heavy atom. The van der Waals surface area contributed by atoms with Crippen molar-refractivity contribution in [1.29, 1.82) is 0 Å². The van der Waals surface area contributed by atoms with Gasteiger partial charge in [0.05, 0.1) is 11.9 Å². The second-order valence-electron chi connectivity index (χ2n) is 7.05. The fraction of sp³-hybridized carbons (Fsp3) is 0.429. The summed E-state index contributed by atoms with van der Waals surface area (Å²) < 4.78 is 0. The number of likely N-dealkylation sites (tertiary alicyclic amines) is 1. The monoisotopic (exact) mass is 352 g/mol. The number of carbonyl (C=O) groups is 1. The second-order valence-corrected chi connectivity index (χ2v) is 7.05. The highest BCUT2D eigenvalue weighted by molar-refractivity contribution is 5.92. The van der Waals surface area contributed by atoms with Crippen LogP contribution in [0, 0.1) is 0 Å². The molecule has 1 unspecified atom stereocenters. The summed E-state index contributed by atoms with van der Waals surface area (Å²) in [4.78, 5) is 21.2. The van der Waals surface area contributed by atoms with Crippen LogP contribution in [0.3, 0.4) is 0 Å². The fourth-order valence-electron chi connectivity index (χ4n) is 3.44. The quantitative estimate of drug-likeness (QED) is 0.872. The van der Waals surface area contributed by atoms with E-state index in [0.717, 1.165) is 42.9 Å². The van der Waals surface area contributed by atoms with Gasteiger partial charge in [-0.15, -0.1) is 0 Å². The summed E-state index contributed by atoms with van der Waals surface area (Å²) in [5.74, 6) is 0.0541. The number of pyridine rings is 1. The number of amides is 1. The van der Waals surface area contributed by atoms with Crippen molar-refractivity contribution in [2.45, 2.75) is 38.6 Å². The Balaban J connectivity index is 1.67. The maximum absolute atomic E-state index is 12.8. The summed E-state index contributed by atoms with van der Waals surface area (Å²) in [5.41, 5.74) is 3.56. The van der Waals surface area contributed by atoms with E-state index in [1.807, 2.05) is 43.3 Å². The molecule has 5 nitrogen and oxygen atoms in total. The maximum Gasteiger partial charge on any atom is 0.272 e. The molecule has 0 aliphatic carbocycles. The van der Waals surface area contributed by atoms with Crippen molar-refractivity contribution in [3.8, 4) is 0 Å². The minimum atomic E-state index is 0.0541. The molecule has 0 saturated carbocycles. The third-order valence-electron chi connectivity index (χ3n) is 5.01. The molecule has 3 rings (SSSR count). The Morgan fingerprint density at radius 2 is 1.88 bits per heavy atom. The number of hydrogen-bond acceptors (Lipinski definition) is 4. The van der Waals surface area contributed by atoms with Crippen molar-refractivity contribution in [3.63, 3.8) is 0 Å². The lowest BCUT2D eigenvalue weighted by molar-refractivity contribution is 0.0602. The van der Waals surface area contributed by atoms with E-state index in [9.17, 15) is 4.79 Å². The number of hydrogen-bond donors (Lipinski definition) is 1. The number of nitrogens with zero attached hydrogens (tertiary/aromatic N) is 3. The Kier molecular flexibility index (Phi) is 5.76. The molecule has 1 atom stereocenters. The lowest BCUT2D eigenvalue weighted by Gasteiger charge is -2.35. The Morgan fingerprint density at radius 3 is 2.50 bits per heavy atom. The molecule has 1 aliphatic heterocycles. The largest absolute Gasteiger partial charge is 0.378 e. The van der Waals surface area contributed by atoms with Gasteiger partial charge in [-0.2, -0.15) is 0 Å². The van der Waals surface area contributed by atoms with Gasteiger partial charge in [-0.05, 0) is 62.1 Å². The summed E-state index contributed by atoms with van der Waals surface area (Å²) in [7, 11) is 4.04. The molecule has 1 aliphatic rings. The van der Waals surface area contributed by atoms with Gasteiger partial charge in [0.15, 0.2) is 0 Å². The Bertz CT molecular complexity index is 725. The van der Waals surface area contributed by atoms with Crippen molar-refractivity contribution in [2.24, 2.45) is 0 Å². The number of carbonyl (C=O) groups excluding carboxylic acids is 1. The standard InChI is InChI=1S/C21H28N4O/c1-4-18-7-5-6-14-25(18)21(26)20-13-10-17(15-22-20)23-16-8-11-19(12-9-16)24(2)3/h8-13,15,18,23H,4-7,14H2,1-3H3. The molecule has 0 spiro atoms. The van der Waals surface area contributed by atoms with Crippen molar-refractivity contribution >= 4 is 23.0 Å². The van der Waals surface area contributed by atoms with E-state index in [1.54, 1.807) is 6.20 Å². The van der Waals surface area contributed by atoms with Crippen LogP contribution in [0.25, 0.3) is 0 Å². The molecule has 1 amide bonds. The number of rotatable bonds is 5. The molecule has 1 saturated heterocycles. The third-order valence-corrected chi connectivity index (χ3v) is 5.01. The number of piperidine rings is 1. The minimum absolute atomic E-state index is 0.0541. The highest BCUT2D eigenvalue weighted by Crippen LogP contribution is 2.23. The van der Waals surface area contributed by atoms with Crippen LogP contribution >= 0.6 is 0 Å². The Labute approximate surface area is 156 Å². The smallest absolute Gasteiger partial charge is 0.272 e. The van der Waals surface area contributed by atoms with Crippen molar-refractivity contribution < 1.29 is 4.79 Å². The number of anilines is 3. The zero-order chi connectivity index (χ0) is 18.5. The van der Waals surface area contributed by atoms with E-state index < -0.39 is 0 Å². The highest BCUT2D eigenvalue weighted by atomic mass is 16.2. The lowest BCUT2D eigenvalue weighted by atomic mass is 9.99. The first kappa shape index (κ1) is 18.2. The molecule has 2 heterocycles. The summed E-state index contributed by atoms with van der Waals surface area (Å²) in [6.45, 7) is 3.00. The predicted molar refractivity (Wildman–Crippen MR) is 107 cm³/mol. The minimum Gasteiger partial charge on any atom is -0.378 e. The van der Waals surface area contributed by atoms with Gasteiger partial charge in [-0.25, -0.2) is 4.98 Å². The van der Waals surface area contributed by atoms with Gasteiger partial charge >= 0.3 is 0 Å². The number of benzene rings is 1. The van der Waals surface area contributed by atoms with Gasteiger partial charge in [-0.3, -0.25) is 4.79 Å². The molecule has 0 radical (unpaired) electrons. The van der Waals surface area contributed by atoms with E-state index >= 15 is 0 Å². The van der Waals surface area contributed by atoms with Crippen LogP contribution in [0.4, 0.5) is 17.1 Å². The SMILES string of the molecule is CCC1CCCCN1C(=O)c1ccc(Nc2ccc(N(C)C)cc2)cn1. The van der Waals surface area contributed by atoms with Crippen molar-refractivity contribution in [1.82, 2.24) is 9.88 Å². The molecule has 1 aromatic heterocycles. The van der Waals surface area contributed by atoms with Crippen molar-refractivity contribution in [2.75, 3.05) is 30.9 Å². The Hall–Kier alpha value is -2.56. The van der Waals surface area contributed by atoms with Crippen molar-refractivity contribution in [3.05, 3.63) is 48.3 Å². The highest BCUT2D eigenvalue weighted by Gasteiger charge is 2.26. The second kappa shape index (κ2) is 8.21. The topological polar surface area (TPSA) is 48.5 Å². The lowest BCUT2D eigenvalue weighted by Crippen LogP contribution is -2.43. The molecular weight excluding hydrogens is 324 g/mol. The maximum atomic E-state index is 12.8. The third kappa shape index (κ3) is 4.15. The van der Waals surface area contributed by atoms with Gasteiger partial charge in [0, 0.05) is 38.1 Å². The first-order valence-corrected chi connectivity index (χ1v) is 9.40. The predicted octanol–water partition coefficient (Wildman–Crippen LogP) is 4.30. The van der Waals surface area contributed by atoms with E-state index in [0.29, 0.717) is 11.7 Å². The molecule has 1 fully saturated rings. The van der Waals surface area contributed by atoms with Crippen LogP contribution in [0.1, 0.15) is 43.1 Å². The number of aromatic nitrogens is 1. The normalized spacial score (nSPS) is 17.0. The zero-order valence-electron chi connectivity index (χ0n) is 15.9. The molecule has 1 aromatic carbocycles. The molecule has 2 aromatic rings.